The third-order valence-corrected chi connectivity index (χ3v) is 2.95. The van der Waals surface area contributed by atoms with E-state index in [2.05, 4.69) is 9.97 Å². The van der Waals surface area contributed by atoms with E-state index in [4.69, 9.17) is 22.1 Å². The highest BCUT2D eigenvalue weighted by Crippen LogP contribution is 2.35. The molecule has 0 spiro atoms. The van der Waals surface area contributed by atoms with Crippen LogP contribution in [-0.4, -0.2) is 33.1 Å². The lowest BCUT2D eigenvalue weighted by Crippen LogP contribution is -2.47. The molecule has 7 heteroatoms. The first-order chi connectivity index (χ1) is 8.78. The van der Waals surface area contributed by atoms with Crippen LogP contribution in [0.5, 0.6) is 0 Å². The Balaban J connectivity index is 2.14. The Morgan fingerprint density at radius 3 is 2.79 bits per heavy atom. The van der Waals surface area contributed by atoms with Gasteiger partial charge in [0.2, 0.25) is 0 Å². The molecule has 0 saturated carbocycles. The van der Waals surface area contributed by atoms with Gasteiger partial charge in [0.1, 0.15) is 22.3 Å². The highest BCUT2D eigenvalue weighted by molar-refractivity contribution is 6.29. The van der Waals surface area contributed by atoms with Crippen molar-refractivity contribution >= 4 is 23.5 Å². The maximum atomic E-state index is 12.0. The SMILES string of the molecule is CC(C)(C)OC(=O)N1CCC1c1nc(Cl)cnc1N. The monoisotopic (exact) mass is 284 g/mol. The molecule has 1 aliphatic heterocycles. The van der Waals surface area contributed by atoms with E-state index in [1.54, 1.807) is 4.90 Å². The number of likely N-dealkylation sites (tertiary alicyclic amines) is 1. The van der Waals surface area contributed by atoms with E-state index in [1.807, 2.05) is 20.8 Å². The number of amides is 1. The summed E-state index contributed by atoms with van der Waals surface area (Å²) in [5.74, 6) is 0.294. The van der Waals surface area contributed by atoms with Crippen molar-refractivity contribution in [1.82, 2.24) is 14.9 Å². The molecule has 1 saturated heterocycles. The number of anilines is 1. The quantitative estimate of drug-likeness (QED) is 0.856. The van der Waals surface area contributed by atoms with Gasteiger partial charge in [-0.25, -0.2) is 14.8 Å². The molecule has 104 valence electrons. The van der Waals surface area contributed by atoms with E-state index < -0.39 is 5.60 Å². The first-order valence-electron chi connectivity index (χ1n) is 6.05. The first-order valence-corrected chi connectivity index (χ1v) is 6.43. The number of rotatable bonds is 1. The number of ether oxygens (including phenoxy) is 1. The molecule has 1 amide bonds. The lowest BCUT2D eigenvalue weighted by atomic mass is 10.00. The van der Waals surface area contributed by atoms with Gasteiger partial charge in [-0.05, 0) is 27.2 Å². The fourth-order valence-corrected chi connectivity index (χ4v) is 1.99. The fourth-order valence-electron chi connectivity index (χ4n) is 1.85. The van der Waals surface area contributed by atoms with Crippen LogP contribution in [0.2, 0.25) is 5.15 Å². The summed E-state index contributed by atoms with van der Waals surface area (Å²) in [5.41, 5.74) is 5.79. The van der Waals surface area contributed by atoms with Gasteiger partial charge < -0.3 is 10.5 Å². The van der Waals surface area contributed by atoms with Crippen LogP contribution in [0.1, 0.15) is 38.9 Å². The number of nitrogens with zero attached hydrogens (tertiary/aromatic N) is 3. The number of carbonyl (C=O) groups excluding carboxylic acids is 1. The standard InChI is InChI=1S/C12H17ClN4O2/c1-12(2,3)19-11(18)17-5-4-7(17)9-10(14)15-6-8(13)16-9/h6-7H,4-5H2,1-3H3,(H2,14,15). The second-order valence-corrected chi connectivity index (χ2v) is 5.83. The number of aromatic nitrogens is 2. The molecule has 2 rings (SSSR count). The molecule has 0 aliphatic carbocycles. The van der Waals surface area contributed by atoms with Crippen LogP contribution in [0, 0.1) is 0 Å². The van der Waals surface area contributed by atoms with Crippen LogP contribution in [0.4, 0.5) is 10.6 Å². The van der Waals surface area contributed by atoms with Crippen LogP contribution < -0.4 is 5.73 Å². The summed E-state index contributed by atoms with van der Waals surface area (Å²) < 4.78 is 5.33. The third kappa shape index (κ3) is 3.07. The van der Waals surface area contributed by atoms with Crippen molar-refractivity contribution in [1.29, 1.82) is 0 Å². The summed E-state index contributed by atoms with van der Waals surface area (Å²) in [6.07, 6.45) is 1.79. The zero-order valence-electron chi connectivity index (χ0n) is 11.2. The molecule has 1 unspecified atom stereocenters. The van der Waals surface area contributed by atoms with E-state index in [0.717, 1.165) is 6.42 Å². The molecule has 1 aliphatic rings. The molecule has 6 nitrogen and oxygen atoms in total. The van der Waals surface area contributed by atoms with Gasteiger partial charge in [0.25, 0.3) is 0 Å². The van der Waals surface area contributed by atoms with Gasteiger partial charge in [-0.1, -0.05) is 11.6 Å². The Morgan fingerprint density at radius 2 is 2.26 bits per heavy atom. The Morgan fingerprint density at radius 1 is 1.58 bits per heavy atom. The number of hydrogen-bond acceptors (Lipinski definition) is 5. The van der Waals surface area contributed by atoms with Crippen molar-refractivity contribution in [2.75, 3.05) is 12.3 Å². The van der Waals surface area contributed by atoms with Gasteiger partial charge in [-0.2, -0.15) is 0 Å². The van der Waals surface area contributed by atoms with Gasteiger partial charge in [-0.15, -0.1) is 0 Å². The van der Waals surface area contributed by atoms with E-state index in [0.29, 0.717) is 18.1 Å². The van der Waals surface area contributed by atoms with Gasteiger partial charge >= 0.3 is 6.09 Å². The predicted octanol–water partition coefficient (Wildman–Crippen LogP) is 2.39. The minimum atomic E-state index is -0.525. The number of nitrogens with two attached hydrogens (primary N) is 1. The normalized spacial score (nSPS) is 18.9. The number of nitrogen functional groups attached to an aromatic ring is 1. The van der Waals surface area contributed by atoms with E-state index >= 15 is 0 Å². The number of halogens is 1. The maximum absolute atomic E-state index is 12.0. The third-order valence-electron chi connectivity index (χ3n) is 2.76. The summed E-state index contributed by atoms with van der Waals surface area (Å²) >= 11 is 5.81. The highest BCUT2D eigenvalue weighted by atomic mass is 35.5. The van der Waals surface area contributed by atoms with Gasteiger partial charge in [0.05, 0.1) is 12.2 Å². The highest BCUT2D eigenvalue weighted by Gasteiger charge is 2.38. The number of carbonyl (C=O) groups is 1. The van der Waals surface area contributed by atoms with Crippen molar-refractivity contribution in [2.24, 2.45) is 0 Å². The Hall–Kier alpha value is -1.56. The van der Waals surface area contributed by atoms with Crippen LogP contribution in [0.25, 0.3) is 0 Å². The molecule has 0 radical (unpaired) electrons. The number of hydrogen-bond donors (Lipinski definition) is 1. The Kier molecular flexibility index (Phi) is 3.54. The van der Waals surface area contributed by atoms with Crippen LogP contribution >= 0.6 is 11.6 Å². The molecule has 1 atom stereocenters. The summed E-state index contributed by atoms with van der Waals surface area (Å²) in [5, 5.41) is 0.264. The van der Waals surface area contributed by atoms with Crippen LogP contribution in [0.3, 0.4) is 0 Å². The molecule has 2 heterocycles. The average molecular weight is 285 g/mol. The molecule has 2 N–H and O–H groups in total. The van der Waals surface area contributed by atoms with Crippen molar-refractivity contribution in [3.63, 3.8) is 0 Å². The smallest absolute Gasteiger partial charge is 0.410 e. The molecule has 19 heavy (non-hydrogen) atoms. The van der Waals surface area contributed by atoms with E-state index in [-0.39, 0.29) is 17.3 Å². The van der Waals surface area contributed by atoms with E-state index in [9.17, 15) is 4.79 Å². The maximum Gasteiger partial charge on any atom is 0.410 e. The predicted molar refractivity (Wildman–Crippen MR) is 71.8 cm³/mol. The average Bonchev–Trinajstić information content (AvgIpc) is 2.19. The Labute approximate surface area is 116 Å². The lowest BCUT2D eigenvalue weighted by Gasteiger charge is -2.41. The minimum absolute atomic E-state index is 0.207. The molecule has 0 bridgehead atoms. The summed E-state index contributed by atoms with van der Waals surface area (Å²) in [6, 6.07) is -0.207. The topological polar surface area (TPSA) is 81.3 Å². The fraction of sp³-hybridized carbons (Fsp3) is 0.583. The lowest BCUT2D eigenvalue weighted by molar-refractivity contribution is -0.00641. The van der Waals surface area contributed by atoms with Gasteiger partial charge in [-0.3, -0.25) is 4.90 Å². The van der Waals surface area contributed by atoms with Crippen LogP contribution in [0.15, 0.2) is 6.20 Å². The zero-order valence-corrected chi connectivity index (χ0v) is 11.9. The zero-order chi connectivity index (χ0) is 14.2. The molecule has 1 aromatic rings. The minimum Gasteiger partial charge on any atom is -0.444 e. The summed E-state index contributed by atoms with van der Waals surface area (Å²) in [7, 11) is 0. The molecule has 0 aromatic carbocycles. The second kappa shape index (κ2) is 4.85. The first kappa shape index (κ1) is 13.9. The summed E-state index contributed by atoms with van der Waals surface area (Å²) in [6.45, 7) is 6.10. The molecular weight excluding hydrogens is 268 g/mol. The van der Waals surface area contributed by atoms with Gasteiger partial charge in [0, 0.05) is 6.54 Å². The molecule has 1 aromatic heterocycles. The summed E-state index contributed by atoms with van der Waals surface area (Å²) in [4.78, 5) is 21.7. The Bertz CT molecular complexity index is 501. The van der Waals surface area contributed by atoms with Crippen molar-refractivity contribution in [3.8, 4) is 0 Å². The van der Waals surface area contributed by atoms with Crippen molar-refractivity contribution in [3.05, 3.63) is 17.0 Å². The largest absolute Gasteiger partial charge is 0.444 e. The van der Waals surface area contributed by atoms with Crippen LogP contribution in [-0.2, 0) is 4.74 Å². The van der Waals surface area contributed by atoms with Crippen molar-refractivity contribution in [2.45, 2.75) is 38.8 Å². The van der Waals surface area contributed by atoms with E-state index in [1.165, 1.54) is 6.20 Å². The molecular formula is C12H17ClN4O2. The van der Waals surface area contributed by atoms with Gasteiger partial charge in [0.15, 0.2) is 0 Å². The molecule has 1 fully saturated rings. The van der Waals surface area contributed by atoms with Crippen molar-refractivity contribution < 1.29 is 9.53 Å². The second-order valence-electron chi connectivity index (χ2n) is 5.44.